The molecule has 0 spiro atoms. The second-order valence-electron chi connectivity index (χ2n) is 6.15. The predicted molar refractivity (Wildman–Crippen MR) is 109 cm³/mol. The summed E-state index contributed by atoms with van der Waals surface area (Å²) in [6, 6.07) is 12.9. The molecule has 0 aliphatic heterocycles. The van der Waals surface area contributed by atoms with Crippen LogP contribution in [0.15, 0.2) is 54.6 Å². The largest absolute Gasteiger partial charge is 0.462 e. The van der Waals surface area contributed by atoms with Crippen molar-refractivity contribution in [2.24, 2.45) is 0 Å². The van der Waals surface area contributed by atoms with Gasteiger partial charge in [0.05, 0.1) is 12.2 Å². The van der Waals surface area contributed by atoms with Crippen molar-refractivity contribution in [3.63, 3.8) is 0 Å². The van der Waals surface area contributed by atoms with Gasteiger partial charge in [0, 0.05) is 12.5 Å². The van der Waals surface area contributed by atoms with Crippen LogP contribution in [-0.2, 0) is 14.3 Å². The first-order valence-corrected chi connectivity index (χ1v) is 9.49. The lowest BCUT2D eigenvalue weighted by molar-refractivity contribution is -0.134. The zero-order chi connectivity index (χ0) is 21.1. The molecule has 2 aromatic carbocycles. The minimum Gasteiger partial charge on any atom is -0.462 e. The van der Waals surface area contributed by atoms with Gasteiger partial charge >= 0.3 is 17.9 Å². The normalized spacial score (nSPS) is 10.6. The molecule has 2 aromatic rings. The fourth-order valence-electron chi connectivity index (χ4n) is 2.34. The van der Waals surface area contributed by atoms with E-state index >= 15 is 0 Å². The van der Waals surface area contributed by atoms with Crippen molar-refractivity contribution in [1.29, 1.82) is 0 Å². The highest BCUT2D eigenvalue weighted by Crippen LogP contribution is 2.19. The first-order valence-electron chi connectivity index (χ1n) is 9.49. The summed E-state index contributed by atoms with van der Waals surface area (Å²) in [5.74, 6) is -0.476. The Balaban J connectivity index is 1.87. The van der Waals surface area contributed by atoms with E-state index in [9.17, 15) is 14.4 Å². The summed E-state index contributed by atoms with van der Waals surface area (Å²) in [5.41, 5.74) is 1.19. The highest BCUT2D eigenvalue weighted by Gasteiger charge is 2.07. The Morgan fingerprint density at radius 2 is 1.48 bits per heavy atom. The number of unbranched alkanes of at least 4 members (excludes halogenated alkanes) is 1. The Morgan fingerprint density at radius 3 is 2.07 bits per heavy atom. The zero-order valence-electron chi connectivity index (χ0n) is 16.6. The molecule has 29 heavy (non-hydrogen) atoms. The molecule has 0 saturated carbocycles. The van der Waals surface area contributed by atoms with E-state index in [2.05, 4.69) is 0 Å². The fourth-order valence-corrected chi connectivity index (χ4v) is 2.34. The Labute approximate surface area is 170 Å². The van der Waals surface area contributed by atoms with Gasteiger partial charge in [-0.1, -0.05) is 25.5 Å². The van der Waals surface area contributed by atoms with E-state index in [4.69, 9.17) is 14.2 Å². The van der Waals surface area contributed by atoms with Gasteiger partial charge < -0.3 is 14.2 Å². The van der Waals surface area contributed by atoms with E-state index in [0.717, 1.165) is 18.4 Å². The Bertz CT molecular complexity index is 850. The number of carbonyl (C=O) groups excluding carboxylic acids is 3. The number of benzene rings is 2. The van der Waals surface area contributed by atoms with Crippen LogP contribution in [-0.4, -0.2) is 24.5 Å². The van der Waals surface area contributed by atoms with Crippen molar-refractivity contribution in [2.75, 3.05) is 6.61 Å². The van der Waals surface area contributed by atoms with Gasteiger partial charge in [-0.3, -0.25) is 4.79 Å². The lowest BCUT2D eigenvalue weighted by Gasteiger charge is -2.05. The van der Waals surface area contributed by atoms with Gasteiger partial charge in [-0.15, -0.1) is 0 Å². The third kappa shape index (κ3) is 7.62. The van der Waals surface area contributed by atoms with Crippen LogP contribution in [0.4, 0.5) is 0 Å². The molecular formula is C23H24O6. The average molecular weight is 396 g/mol. The van der Waals surface area contributed by atoms with Crippen molar-refractivity contribution >= 4 is 24.0 Å². The Morgan fingerprint density at radius 1 is 0.862 bits per heavy atom. The lowest BCUT2D eigenvalue weighted by Crippen LogP contribution is -2.07. The molecule has 0 aliphatic carbocycles. The molecular weight excluding hydrogens is 372 g/mol. The molecule has 0 radical (unpaired) electrons. The highest BCUT2D eigenvalue weighted by molar-refractivity contribution is 5.91. The van der Waals surface area contributed by atoms with Gasteiger partial charge in [0.2, 0.25) is 0 Å². The van der Waals surface area contributed by atoms with Crippen LogP contribution in [0.2, 0.25) is 0 Å². The average Bonchev–Trinajstić information content (AvgIpc) is 2.72. The molecule has 0 unspecified atom stereocenters. The second kappa shape index (κ2) is 11.4. The van der Waals surface area contributed by atoms with Crippen LogP contribution in [0, 0.1) is 0 Å². The van der Waals surface area contributed by atoms with Crippen molar-refractivity contribution < 1.29 is 28.6 Å². The number of esters is 3. The van der Waals surface area contributed by atoms with Crippen molar-refractivity contribution in [1.82, 2.24) is 0 Å². The number of hydrogen-bond donors (Lipinski definition) is 0. The summed E-state index contributed by atoms with van der Waals surface area (Å²) in [6.07, 6.45) is 4.96. The molecule has 0 N–H and O–H groups in total. The lowest BCUT2D eigenvalue weighted by atomic mass is 10.1. The molecule has 0 aromatic heterocycles. The summed E-state index contributed by atoms with van der Waals surface area (Å²) >= 11 is 0. The van der Waals surface area contributed by atoms with Crippen molar-refractivity contribution in [2.45, 2.75) is 33.1 Å². The van der Waals surface area contributed by atoms with Crippen LogP contribution in [0.1, 0.15) is 49.0 Å². The Hall–Kier alpha value is -3.41. The number of carbonyl (C=O) groups is 3. The molecule has 0 heterocycles. The molecule has 0 aliphatic rings. The molecule has 0 saturated heterocycles. The third-order valence-electron chi connectivity index (χ3n) is 3.84. The molecule has 0 atom stereocenters. The quantitative estimate of drug-likeness (QED) is 0.351. The summed E-state index contributed by atoms with van der Waals surface area (Å²) < 4.78 is 15.3. The minimum absolute atomic E-state index is 0.284. The first-order chi connectivity index (χ1) is 14.0. The van der Waals surface area contributed by atoms with Gasteiger partial charge in [-0.2, -0.15) is 0 Å². The summed E-state index contributed by atoms with van der Waals surface area (Å²) in [6.45, 7) is 4.06. The third-order valence-corrected chi connectivity index (χ3v) is 3.84. The fraction of sp³-hybridized carbons (Fsp3) is 0.261. The first kappa shape index (κ1) is 21.9. The number of rotatable bonds is 9. The van der Waals surface area contributed by atoms with Gasteiger partial charge in [0.1, 0.15) is 11.5 Å². The van der Waals surface area contributed by atoms with E-state index in [1.165, 1.54) is 6.08 Å². The molecule has 0 amide bonds. The molecule has 0 bridgehead atoms. The molecule has 6 nitrogen and oxygen atoms in total. The Kier molecular flexibility index (Phi) is 8.63. The zero-order valence-corrected chi connectivity index (χ0v) is 16.6. The van der Waals surface area contributed by atoms with E-state index in [1.807, 2.05) is 6.92 Å². The van der Waals surface area contributed by atoms with Crippen molar-refractivity contribution in [3.05, 3.63) is 65.7 Å². The number of hydrogen-bond acceptors (Lipinski definition) is 6. The predicted octanol–water partition coefficient (Wildman–Crippen LogP) is 4.58. The van der Waals surface area contributed by atoms with Gasteiger partial charge in [0.15, 0.2) is 0 Å². The van der Waals surface area contributed by atoms with E-state index in [1.54, 1.807) is 61.5 Å². The van der Waals surface area contributed by atoms with E-state index in [-0.39, 0.29) is 11.9 Å². The van der Waals surface area contributed by atoms with Crippen LogP contribution >= 0.6 is 0 Å². The molecule has 2 rings (SSSR count). The van der Waals surface area contributed by atoms with Crippen LogP contribution < -0.4 is 9.47 Å². The smallest absolute Gasteiger partial charge is 0.338 e. The maximum absolute atomic E-state index is 12.0. The summed E-state index contributed by atoms with van der Waals surface area (Å²) in [7, 11) is 0. The van der Waals surface area contributed by atoms with Gasteiger partial charge in [0.25, 0.3) is 0 Å². The monoisotopic (exact) mass is 396 g/mol. The molecule has 152 valence electrons. The number of ether oxygens (including phenoxy) is 3. The topological polar surface area (TPSA) is 78.9 Å². The van der Waals surface area contributed by atoms with Crippen LogP contribution in [0.3, 0.4) is 0 Å². The van der Waals surface area contributed by atoms with Gasteiger partial charge in [-0.05, 0) is 61.4 Å². The van der Waals surface area contributed by atoms with Crippen molar-refractivity contribution in [3.8, 4) is 11.5 Å². The molecule has 6 heteroatoms. The van der Waals surface area contributed by atoms with Crippen LogP contribution in [0.25, 0.3) is 6.08 Å². The summed E-state index contributed by atoms with van der Waals surface area (Å²) in [5, 5.41) is 0. The van der Waals surface area contributed by atoms with E-state index in [0.29, 0.717) is 30.1 Å². The van der Waals surface area contributed by atoms with Gasteiger partial charge in [-0.25, -0.2) is 9.59 Å². The SMILES string of the molecule is CCCCC(=O)Oc1ccc(OC(=O)C=Cc2ccc(C(=O)OCC)cc2)cc1. The minimum atomic E-state index is -0.549. The maximum atomic E-state index is 12.0. The molecule has 0 fully saturated rings. The standard InChI is InChI=1S/C23H24O6/c1-3-5-6-21(24)28-19-12-14-20(15-13-19)29-22(25)16-9-17-7-10-18(11-8-17)23(26)27-4-2/h7-16H,3-6H2,1-2H3. The highest BCUT2D eigenvalue weighted by atomic mass is 16.5. The van der Waals surface area contributed by atoms with E-state index < -0.39 is 5.97 Å². The second-order valence-corrected chi connectivity index (χ2v) is 6.15. The maximum Gasteiger partial charge on any atom is 0.338 e. The summed E-state index contributed by atoms with van der Waals surface area (Å²) in [4.78, 5) is 35.2. The van der Waals surface area contributed by atoms with Crippen LogP contribution in [0.5, 0.6) is 11.5 Å².